The molecule has 0 aliphatic heterocycles. The van der Waals surface area contributed by atoms with E-state index in [0.717, 1.165) is 9.99 Å². The molecule has 5 heteroatoms. The van der Waals surface area contributed by atoms with Gasteiger partial charge in [0.25, 0.3) is 5.56 Å². The molecule has 2 heterocycles. The summed E-state index contributed by atoms with van der Waals surface area (Å²) in [7, 11) is 0. The average Bonchev–Trinajstić information content (AvgIpc) is 2.69. The van der Waals surface area contributed by atoms with Crippen molar-refractivity contribution in [3.63, 3.8) is 0 Å². The molecular formula is C10H9IN2OS. The van der Waals surface area contributed by atoms with Crippen LogP contribution in [0.4, 0.5) is 0 Å². The fourth-order valence-corrected chi connectivity index (χ4v) is 2.34. The van der Waals surface area contributed by atoms with Crippen molar-refractivity contribution in [3.8, 4) is 0 Å². The third kappa shape index (κ3) is 2.88. The number of hydrogen-bond acceptors (Lipinski definition) is 3. The van der Waals surface area contributed by atoms with Crippen LogP contribution in [0.2, 0.25) is 0 Å². The summed E-state index contributed by atoms with van der Waals surface area (Å²) in [6, 6.07) is 5.69. The van der Waals surface area contributed by atoms with Crippen LogP contribution in [0.15, 0.2) is 34.6 Å². The summed E-state index contributed by atoms with van der Waals surface area (Å²) in [6.45, 7) is 0.649. The van der Waals surface area contributed by atoms with Gasteiger partial charge in [-0.15, -0.1) is 11.3 Å². The van der Waals surface area contributed by atoms with Gasteiger partial charge in [-0.1, -0.05) is 6.07 Å². The van der Waals surface area contributed by atoms with Gasteiger partial charge < -0.3 is 0 Å². The van der Waals surface area contributed by atoms with Crippen molar-refractivity contribution in [2.45, 2.75) is 13.0 Å². The molecule has 0 atom stereocenters. The van der Waals surface area contributed by atoms with Gasteiger partial charge in [-0.2, -0.15) is 5.10 Å². The highest BCUT2D eigenvalue weighted by molar-refractivity contribution is 14.1. The van der Waals surface area contributed by atoms with Crippen molar-refractivity contribution < 1.29 is 0 Å². The molecule has 0 fully saturated rings. The lowest BCUT2D eigenvalue weighted by Crippen LogP contribution is -2.22. The van der Waals surface area contributed by atoms with Crippen LogP contribution in [-0.4, -0.2) is 9.78 Å². The topological polar surface area (TPSA) is 34.9 Å². The summed E-state index contributed by atoms with van der Waals surface area (Å²) in [4.78, 5) is 12.8. The Hall–Kier alpha value is -0.690. The minimum atomic E-state index is -0.0292. The third-order valence-electron chi connectivity index (χ3n) is 1.99. The average molecular weight is 332 g/mol. The molecule has 0 saturated carbocycles. The molecule has 15 heavy (non-hydrogen) atoms. The predicted molar refractivity (Wildman–Crippen MR) is 69.2 cm³/mol. The first-order valence-corrected chi connectivity index (χ1v) is 6.46. The third-order valence-corrected chi connectivity index (χ3v) is 3.51. The van der Waals surface area contributed by atoms with Crippen molar-refractivity contribution >= 4 is 33.9 Å². The molecule has 0 aliphatic rings. The molecule has 0 N–H and O–H groups in total. The first-order valence-electron chi connectivity index (χ1n) is 4.51. The second-order valence-corrected chi connectivity index (χ2v) is 5.34. The lowest BCUT2D eigenvalue weighted by atomic mass is 10.3. The highest BCUT2D eigenvalue weighted by Gasteiger charge is 1.99. The Kier molecular flexibility index (Phi) is 3.53. The summed E-state index contributed by atoms with van der Waals surface area (Å²) in [5.41, 5.74) is -0.0292. The standard InChI is InChI=1S/C10H9IN2OS/c11-8-6-10(14)13(12-7-8)4-3-9-2-1-5-15-9/h1-2,5-7H,3-4H2. The maximum absolute atomic E-state index is 11.5. The first kappa shape index (κ1) is 10.8. The normalized spacial score (nSPS) is 10.5. The Labute approximate surface area is 105 Å². The molecule has 2 rings (SSSR count). The Balaban J connectivity index is 2.09. The zero-order valence-corrected chi connectivity index (χ0v) is 10.9. The number of thiophene rings is 1. The van der Waals surface area contributed by atoms with Crippen molar-refractivity contribution in [2.75, 3.05) is 0 Å². The molecule has 2 aromatic rings. The zero-order valence-electron chi connectivity index (χ0n) is 7.89. The van der Waals surface area contributed by atoms with E-state index in [1.807, 2.05) is 11.4 Å². The number of hydrogen-bond donors (Lipinski definition) is 0. The molecule has 0 aliphatic carbocycles. The van der Waals surface area contributed by atoms with E-state index in [9.17, 15) is 4.79 Å². The van der Waals surface area contributed by atoms with Crippen molar-refractivity contribution in [2.24, 2.45) is 0 Å². The predicted octanol–water partition coefficient (Wildman–Crippen LogP) is 2.15. The highest BCUT2D eigenvalue weighted by atomic mass is 127. The number of aryl methyl sites for hydroxylation is 2. The van der Waals surface area contributed by atoms with E-state index in [4.69, 9.17) is 0 Å². The Morgan fingerprint density at radius 3 is 3.07 bits per heavy atom. The van der Waals surface area contributed by atoms with Crippen LogP contribution in [0.1, 0.15) is 4.88 Å². The smallest absolute Gasteiger partial charge is 0.267 e. The fraction of sp³-hybridized carbons (Fsp3) is 0.200. The van der Waals surface area contributed by atoms with Crippen LogP contribution < -0.4 is 5.56 Å². The summed E-state index contributed by atoms with van der Waals surface area (Å²) in [5, 5.41) is 6.12. The highest BCUT2D eigenvalue weighted by Crippen LogP contribution is 2.09. The van der Waals surface area contributed by atoms with Gasteiger partial charge in [-0.05, 0) is 34.0 Å². The van der Waals surface area contributed by atoms with Crippen LogP contribution in [-0.2, 0) is 13.0 Å². The zero-order chi connectivity index (χ0) is 10.7. The first-order chi connectivity index (χ1) is 7.25. The van der Waals surface area contributed by atoms with E-state index in [1.54, 1.807) is 23.6 Å². The molecule has 0 bridgehead atoms. The van der Waals surface area contributed by atoms with E-state index in [-0.39, 0.29) is 5.56 Å². The molecule has 2 aromatic heterocycles. The second kappa shape index (κ2) is 4.89. The van der Waals surface area contributed by atoms with Gasteiger partial charge in [0.05, 0.1) is 6.20 Å². The van der Waals surface area contributed by atoms with E-state index < -0.39 is 0 Å². The number of nitrogens with zero attached hydrogens (tertiary/aromatic N) is 2. The number of rotatable bonds is 3. The Morgan fingerprint density at radius 1 is 1.53 bits per heavy atom. The van der Waals surface area contributed by atoms with E-state index >= 15 is 0 Å². The maximum atomic E-state index is 11.5. The van der Waals surface area contributed by atoms with E-state index in [1.165, 1.54) is 9.56 Å². The molecular weight excluding hydrogens is 323 g/mol. The van der Waals surface area contributed by atoms with Crippen molar-refractivity contribution in [3.05, 3.63) is 48.6 Å². The molecule has 0 amide bonds. The quantitative estimate of drug-likeness (QED) is 0.808. The van der Waals surface area contributed by atoms with Crippen LogP contribution in [0.5, 0.6) is 0 Å². The number of halogens is 1. The van der Waals surface area contributed by atoms with Gasteiger partial charge >= 0.3 is 0 Å². The van der Waals surface area contributed by atoms with Gasteiger partial charge in [0.1, 0.15) is 0 Å². The maximum Gasteiger partial charge on any atom is 0.267 e. The SMILES string of the molecule is O=c1cc(I)cnn1CCc1cccs1. The summed E-state index contributed by atoms with van der Waals surface area (Å²) in [6.07, 6.45) is 2.57. The lowest BCUT2D eigenvalue weighted by molar-refractivity contribution is 0.579. The molecule has 0 saturated heterocycles. The Morgan fingerprint density at radius 2 is 2.40 bits per heavy atom. The van der Waals surface area contributed by atoms with Crippen molar-refractivity contribution in [1.29, 1.82) is 0 Å². The summed E-state index contributed by atoms with van der Waals surface area (Å²) >= 11 is 3.79. The molecule has 0 unspecified atom stereocenters. The monoisotopic (exact) mass is 332 g/mol. The van der Waals surface area contributed by atoms with Gasteiger partial charge in [0.15, 0.2) is 0 Å². The van der Waals surface area contributed by atoms with Crippen LogP contribution in [0.3, 0.4) is 0 Å². The lowest BCUT2D eigenvalue weighted by Gasteiger charge is -2.02. The fourth-order valence-electron chi connectivity index (χ4n) is 1.25. The summed E-state index contributed by atoms with van der Waals surface area (Å²) in [5.74, 6) is 0. The van der Waals surface area contributed by atoms with E-state index in [0.29, 0.717) is 6.54 Å². The van der Waals surface area contributed by atoms with Crippen LogP contribution in [0.25, 0.3) is 0 Å². The van der Waals surface area contributed by atoms with Crippen LogP contribution in [0, 0.1) is 3.57 Å². The minimum absolute atomic E-state index is 0.0292. The molecule has 0 spiro atoms. The van der Waals surface area contributed by atoms with Gasteiger partial charge in [0, 0.05) is 27.5 Å². The molecule has 0 radical (unpaired) electrons. The number of aromatic nitrogens is 2. The molecule has 0 aromatic carbocycles. The van der Waals surface area contributed by atoms with Gasteiger partial charge in [0.2, 0.25) is 0 Å². The summed E-state index contributed by atoms with van der Waals surface area (Å²) < 4.78 is 2.38. The van der Waals surface area contributed by atoms with Gasteiger partial charge in [-0.3, -0.25) is 4.79 Å². The van der Waals surface area contributed by atoms with Gasteiger partial charge in [-0.25, -0.2) is 4.68 Å². The molecule has 3 nitrogen and oxygen atoms in total. The van der Waals surface area contributed by atoms with Crippen LogP contribution >= 0.6 is 33.9 Å². The largest absolute Gasteiger partial charge is 0.268 e. The van der Waals surface area contributed by atoms with E-state index in [2.05, 4.69) is 33.8 Å². The second-order valence-electron chi connectivity index (χ2n) is 3.06. The molecule has 78 valence electrons. The van der Waals surface area contributed by atoms with Crippen molar-refractivity contribution in [1.82, 2.24) is 9.78 Å². The minimum Gasteiger partial charge on any atom is -0.268 e. The Bertz CT molecular complexity index is 492.